The lowest BCUT2D eigenvalue weighted by Crippen LogP contribution is -2.43. The standard InChI is InChI=1S/C15H22N2O2/c18-13(14-16-8-4-9-17-14)12-5-10-19-15(11-12)6-2-1-3-7-15/h4,8-9,12-13,18H,1-3,5-7,10-11H2. The minimum atomic E-state index is -0.552. The lowest BCUT2D eigenvalue weighted by atomic mass is 9.74. The van der Waals surface area contributed by atoms with Crippen LogP contribution >= 0.6 is 0 Å². The average molecular weight is 262 g/mol. The van der Waals surface area contributed by atoms with E-state index >= 15 is 0 Å². The molecule has 2 heterocycles. The van der Waals surface area contributed by atoms with Crippen molar-refractivity contribution in [2.45, 2.75) is 56.7 Å². The lowest BCUT2D eigenvalue weighted by molar-refractivity contribution is -0.134. The van der Waals surface area contributed by atoms with Crippen LogP contribution in [0, 0.1) is 5.92 Å². The highest BCUT2D eigenvalue weighted by molar-refractivity contribution is 4.99. The monoisotopic (exact) mass is 262 g/mol. The summed E-state index contributed by atoms with van der Waals surface area (Å²) < 4.78 is 6.07. The van der Waals surface area contributed by atoms with E-state index in [0.717, 1.165) is 32.3 Å². The van der Waals surface area contributed by atoms with Gasteiger partial charge in [-0.25, -0.2) is 9.97 Å². The van der Waals surface area contributed by atoms with Crippen LogP contribution in [-0.4, -0.2) is 27.3 Å². The normalized spacial score (nSPS) is 28.2. The molecule has 0 amide bonds. The quantitative estimate of drug-likeness (QED) is 0.890. The second-order valence-corrected chi connectivity index (χ2v) is 5.90. The van der Waals surface area contributed by atoms with Crippen molar-refractivity contribution in [1.82, 2.24) is 9.97 Å². The van der Waals surface area contributed by atoms with Crippen molar-refractivity contribution in [3.05, 3.63) is 24.3 Å². The van der Waals surface area contributed by atoms with Crippen LogP contribution in [-0.2, 0) is 4.74 Å². The van der Waals surface area contributed by atoms with Gasteiger partial charge in [-0.05, 0) is 37.7 Å². The zero-order valence-corrected chi connectivity index (χ0v) is 11.3. The molecule has 0 aromatic carbocycles. The molecule has 2 atom stereocenters. The molecule has 1 aromatic rings. The third-order valence-corrected chi connectivity index (χ3v) is 4.59. The molecule has 1 spiro atoms. The summed E-state index contributed by atoms with van der Waals surface area (Å²) in [6, 6.07) is 1.78. The molecule has 1 aliphatic heterocycles. The van der Waals surface area contributed by atoms with Crippen LogP contribution in [0.4, 0.5) is 0 Å². The maximum absolute atomic E-state index is 10.5. The van der Waals surface area contributed by atoms with E-state index in [2.05, 4.69) is 9.97 Å². The van der Waals surface area contributed by atoms with E-state index in [1.165, 1.54) is 19.3 Å². The Morgan fingerprint density at radius 3 is 2.68 bits per heavy atom. The van der Waals surface area contributed by atoms with Crippen molar-refractivity contribution >= 4 is 0 Å². The molecule has 0 radical (unpaired) electrons. The van der Waals surface area contributed by atoms with E-state index in [1.807, 2.05) is 0 Å². The molecule has 19 heavy (non-hydrogen) atoms. The van der Waals surface area contributed by atoms with Gasteiger partial charge in [0.1, 0.15) is 6.10 Å². The fourth-order valence-corrected chi connectivity index (χ4v) is 3.55. The molecule has 1 saturated heterocycles. The summed E-state index contributed by atoms with van der Waals surface area (Å²) in [5.74, 6) is 0.787. The molecular weight excluding hydrogens is 240 g/mol. The summed E-state index contributed by atoms with van der Waals surface area (Å²) in [5.41, 5.74) is 0.0247. The van der Waals surface area contributed by atoms with Gasteiger partial charge in [0.15, 0.2) is 5.82 Å². The minimum Gasteiger partial charge on any atom is -0.385 e. The highest BCUT2D eigenvalue weighted by Gasteiger charge is 2.41. The van der Waals surface area contributed by atoms with Crippen molar-refractivity contribution in [3.63, 3.8) is 0 Å². The van der Waals surface area contributed by atoms with Crippen LogP contribution in [0.15, 0.2) is 18.5 Å². The second kappa shape index (κ2) is 5.55. The van der Waals surface area contributed by atoms with Crippen LogP contribution in [0.1, 0.15) is 56.9 Å². The number of aliphatic hydroxyl groups excluding tert-OH is 1. The first-order chi connectivity index (χ1) is 9.29. The number of nitrogens with zero attached hydrogens (tertiary/aromatic N) is 2. The van der Waals surface area contributed by atoms with Gasteiger partial charge < -0.3 is 9.84 Å². The van der Waals surface area contributed by atoms with Crippen molar-refractivity contribution in [2.24, 2.45) is 5.92 Å². The Labute approximate surface area is 114 Å². The summed E-state index contributed by atoms with van der Waals surface area (Å²) in [7, 11) is 0. The van der Waals surface area contributed by atoms with Crippen molar-refractivity contribution in [1.29, 1.82) is 0 Å². The number of ether oxygens (including phenoxy) is 1. The van der Waals surface area contributed by atoms with E-state index in [-0.39, 0.29) is 11.5 Å². The van der Waals surface area contributed by atoms with Crippen molar-refractivity contribution in [2.75, 3.05) is 6.61 Å². The Morgan fingerprint density at radius 1 is 1.21 bits per heavy atom. The molecule has 2 aliphatic rings. The first-order valence-electron chi connectivity index (χ1n) is 7.38. The molecule has 0 bridgehead atoms. The van der Waals surface area contributed by atoms with Gasteiger partial charge in [0.25, 0.3) is 0 Å². The van der Waals surface area contributed by atoms with Gasteiger partial charge in [0.05, 0.1) is 5.60 Å². The maximum atomic E-state index is 10.5. The van der Waals surface area contributed by atoms with E-state index in [0.29, 0.717) is 5.82 Å². The average Bonchev–Trinajstić information content (AvgIpc) is 2.48. The molecule has 4 nitrogen and oxygen atoms in total. The van der Waals surface area contributed by atoms with Crippen LogP contribution in [0.5, 0.6) is 0 Å². The fraction of sp³-hybridized carbons (Fsp3) is 0.733. The molecule has 104 valence electrons. The fourth-order valence-electron chi connectivity index (χ4n) is 3.55. The number of hydrogen-bond acceptors (Lipinski definition) is 4. The zero-order valence-electron chi connectivity index (χ0n) is 11.3. The molecule has 1 aliphatic carbocycles. The van der Waals surface area contributed by atoms with E-state index in [4.69, 9.17) is 4.74 Å². The van der Waals surface area contributed by atoms with Crippen LogP contribution < -0.4 is 0 Å². The smallest absolute Gasteiger partial charge is 0.157 e. The number of aromatic nitrogens is 2. The largest absolute Gasteiger partial charge is 0.385 e. The van der Waals surface area contributed by atoms with E-state index in [9.17, 15) is 5.11 Å². The van der Waals surface area contributed by atoms with Gasteiger partial charge in [-0.1, -0.05) is 19.3 Å². The van der Waals surface area contributed by atoms with Crippen molar-refractivity contribution < 1.29 is 9.84 Å². The molecular formula is C15H22N2O2. The molecule has 3 rings (SSSR count). The van der Waals surface area contributed by atoms with Gasteiger partial charge in [-0.3, -0.25) is 0 Å². The first-order valence-corrected chi connectivity index (χ1v) is 7.38. The maximum Gasteiger partial charge on any atom is 0.157 e. The van der Waals surface area contributed by atoms with E-state index < -0.39 is 6.10 Å². The summed E-state index contributed by atoms with van der Waals surface area (Å²) in [6.07, 6.45) is 10.8. The number of rotatable bonds is 2. The Morgan fingerprint density at radius 2 is 1.95 bits per heavy atom. The topological polar surface area (TPSA) is 55.2 Å². The molecule has 4 heteroatoms. The number of hydrogen-bond donors (Lipinski definition) is 1. The van der Waals surface area contributed by atoms with Gasteiger partial charge in [0.2, 0.25) is 0 Å². The van der Waals surface area contributed by atoms with Gasteiger partial charge in [-0.2, -0.15) is 0 Å². The Kier molecular flexibility index (Phi) is 3.80. The van der Waals surface area contributed by atoms with E-state index in [1.54, 1.807) is 18.5 Å². The SMILES string of the molecule is OC(c1ncccn1)C1CCOC2(CCCCC2)C1. The number of aliphatic hydroxyl groups is 1. The predicted octanol–water partition coefficient (Wildman–Crippen LogP) is 2.64. The summed E-state index contributed by atoms with van der Waals surface area (Å²) in [4.78, 5) is 8.37. The Bertz CT molecular complexity index is 398. The molecule has 1 saturated carbocycles. The third kappa shape index (κ3) is 2.79. The molecule has 2 fully saturated rings. The summed E-state index contributed by atoms with van der Waals surface area (Å²) in [6.45, 7) is 0.758. The van der Waals surface area contributed by atoms with Crippen molar-refractivity contribution in [3.8, 4) is 0 Å². The summed E-state index contributed by atoms with van der Waals surface area (Å²) in [5, 5.41) is 10.5. The molecule has 1 aromatic heterocycles. The van der Waals surface area contributed by atoms with Gasteiger partial charge >= 0.3 is 0 Å². The van der Waals surface area contributed by atoms with Gasteiger partial charge in [0, 0.05) is 19.0 Å². The molecule has 1 N–H and O–H groups in total. The Balaban J connectivity index is 1.71. The Hall–Kier alpha value is -1.00. The van der Waals surface area contributed by atoms with Gasteiger partial charge in [-0.15, -0.1) is 0 Å². The third-order valence-electron chi connectivity index (χ3n) is 4.59. The minimum absolute atomic E-state index is 0.0247. The highest BCUT2D eigenvalue weighted by atomic mass is 16.5. The molecule has 2 unspecified atom stereocenters. The predicted molar refractivity (Wildman–Crippen MR) is 71.5 cm³/mol. The second-order valence-electron chi connectivity index (χ2n) is 5.90. The first kappa shape index (κ1) is 13.0. The summed E-state index contributed by atoms with van der Waals surface area (Å²) >= 11 is 0. The van der Waals surface area contributed by atoms with Crippen LogP contribution in [0.2, 0.25) is 0 Å². The van der Waals surface area contributed by atoms with Crippen LogP contribution in [0.25, 0.3) is 0 Å². The highest BCUT2D eigenvalue weighted by Crippen LogP contribution is 2.43. The zero-order chi connectivity index (χ0) is 13.1. The van der Waals surface area contributed by atoms with Crippen LogP contribution in [0.3, 0.4) is 0 Å². The lowest BCUT2D eigenvalue weighted by Gasteiger charge is -2.44.